The highest BCUT2D eigenvalue weighted by Crippen LogP contribution is 2.29. The molecule has 102 valence electrons. The molecule has 1 saturated carbocycles. The van der Waals surface area contributed by atoms with E-state index in [0.717, 1.165) is 18.4 Å². The molecule has 4 nitrogen and oxygen atoms in total. The molecule has 1 atom stereocenters. The van der Waals surface area contributed by atoms with E-state index in [4.69, 9.17) is 5.11 Å². The van der Waals surface area contributed by atoms with E-state index in [9.17, 15) is 9.59 Å². The van der Waals surface area contributed by atoms with Gasteiger partial charge in [0.2, 0.25) is 0 Å². The predicted octanol–water partition coefficient (Wildman–Crippen LogP) is 2.32. The Bertz CT molecular complexity index is 477. The van der Waals surface area contributed by atoms with Gasteiger partial charge < -0.3 is 10.0 Å². The van der Waals surface area contributed by atoms with Crippen LogP contribution in [0, 0.1) is 12.8 Å². The number of carboxylic acid groups (broad SMARTS) is 1. The molecule has 1 fully saturated rings. The largest absolute Gasteiger partial charge is 0.481 e. The van der Waals surface area contributed by atoms with E-state index in [1.165, 1.54) is 0 Å². The number of aryl methyl sites for hydroxylation is 1. The Balaban J connectivity index is 2.12. The van der Waals surface area contributed by atoms with Crippen molar-refractivity contribution < 1.29 is 14.7 Å². The lowest BCUT2D eigenvalue weighted by Gasteiger charge is -2.24. The Labute approximate surface area is 113 Å². The Morgan fingerprint density at radius 1 is 1.32 bits per heavy atom. The molecule has 1 aromatic rings. The summed E-state index contributed by atoms with van der Waals surface area (Å²) in [6.07, 6.45) is 1.95. The number of hydrogen-bond acceptors (Lipinski definition) is 2. The number of carbonyl (C=O) groups excluding carboxylic acids is 1. The molecular weight excluding hydrogens is 242 g/mol. The summed E-state index contributed by atoms with van der Waals surface area (Å²) in [7, 11) is 0. The summed E-state index contributed by atoms with van der Waals surface area (Å²) >= 11 is 0. The van der Waals surface area contributed by atoms with Crippen molar-refractivity contribution in [3.63, 3.8) is 0 Å². The zero-order chi connectivity index (χ0) is 14.0. The van der Waals surface area contributed by atoms with Gasteiger partial charge in [-0.2, -0.15) is 0 Å². The van der Waals surface area contributed by atoms with Gasteiger partial charge in [-0.05, 0) is 31.9 Å². The van der Waals surface area contributed by atoms with E-state index < -0.39 is 11.9 Å². The van der Waals surface area contributed by atoms with Crippen molar-refractivity contribution >= 4 is 11.9 Å². The van der Waals surface area contributed by atoms with Crippen LogP contribution in [0.15, 0.2) is 24.3 Å². The minimum atomic E-state index is -0.859. The number of benzene rings is 1. The molecule has 1 N–H and O–H groups in total. The first-order valence-corrected chi connectivity index (χ1v) is 6.59. The fraction of sp³-hybridized carbons (Fsp3) is 0.467. The monoisotopic (exact) mass is 261 g/mol. The SMILES string of the molecule is Cc1ccc(C(=O)N(C[C@H](C)C(=O)O)C2CC2)cc1. The Morgan fingerprint density at radius 2 is 1.89 bits per heavy atom. The first-order chi connectivity index (χ1) is 8.99. The number of hydrogen-bond donors (Lipinski definition) is 1. The minimum Gasteiger partial charge on any atom is -0.481 e. The van der Waals surface area contributed by atoms with Gasteiger partial charge in [0.1, 0.15) is 0 Å². The van der Waals surface area contributed by atoms with Crippen LogP contribution in [0.25, 0.3) is 0 Å². The highest BCUT2D eigenvalue weighted by Gasteiger charge is 2.34. The maximum atomic E-state index is 12.4. The third-order valence-corrected chi connectivity index (χ3v) is 3.44. The fourth-order valence-corrected chi connectivity index (χ4v) is 2.02. The van der Waals surface area contributed by atoms with Gasteiger partial charge in [-0.15, -0.1) is 0 Å². The van der Waals surface area contributed by atoms with Crippen LogP contribution in [0.4, 0.5) is 0 Å². The van der Waals surface area contributed by atoms with Gasteiger partial charge in [0.05, 0.1) is 5.92 Å². The molecular formula is C15H19NO3. The van der Waals surface area contributed by atoms with E-state index in [0.29, 0.717) is 5.56 Å². The van der Waals surface area contributed by atoms with Crippen LogP contribution in [-0.4, -0.2) is 34.5 Å². The molecule has 0 aromatic heterocycles. The summed E-state index contributed by atoms with van der Waals surface area (Å²) in [5.41, 5.74) is 1.74. The summed E-state index contributed by atoms with van der Waals surface area (Å²) in [5, 5.41) is 8.98. The zero-order valence-electron chi connectivity index (χ0n) is 11.3. The Hall–Kier alpha value is -1.84. The minimum absolute atomic E-state index is 0.0596. The van der Waals surface area contributed by atoms with Gasteiger partial charge in [0.15, 0.2) is 0 Å². The summed E-state index contributed by atoms with van der Waals surface area (Å²) < 4.78 is 0. The van der Waals surface area contributed by atoms with Crippen LogP contribution in [0.3, 0.4) is 0 Å². The topological polar surface area (TPSA) is 57.6 Å². The van der Waals surface area contributed by atoms with E-state index in [1.54, 1.807) is 24.0 Å². The second kappa shape index (κ2) is 5.43. The predicted molar refractivity (Wildman–Crippen MR) is 72.0 cm³/mol. The Kier molecular flexibility index (Phi) is 3.88. The fourth-order valence-electron chi connectivity index (χ4n) is 2.02. The zero-order valence-corrected chi connectivity index (χ0v) is 11.3. The van der Waals surface area contributed by atoms with Crippen molar-refractivity contribution in [2.75, 3.05) is 6.54 Å². The third kappa shape index (κ3) is 3.34. The molecule has 0 radical (unpaired) electrons. The second-order valence-electron chi connectivity index (χ2n) is 5.29. The molecule has 0 aliphatic heterocycles. The molecule has 0 unspecified atom stereocenters. The number of carboxylic acids is 1. The van der Waals surface area contributed by atoms with E-state index in [2.05, 4.69) is 0 Å². The van der Waals surface area contributed by atoms with Gasteiger partial charge in [-0.3, -0.25) is 9.59 Å². The maximum absolute atomic E-state index is 12.4. The lowest BCUT2D eigenvalue weighted by molar-refractivity contribution is -0.141. The molecule has 0 bridgehead atoms. The average Bonchev–Trinajstić information content (AvgIpc) is 3.19. The van der Waals surface area contributed by atoms with Crippen LogP contribution in [0.2, 0.25) is 0 Å². The van der Waals surface area contributed by atoms with Crippen molar-refractivity contribution in [2.45, 2.75) is 32.7 Å². The summed E-state index contributed by atoms with van der Waals surface area (Å²) in [5.74, 6) is -1.45. The quantitative estimate of drug-likeness (QED) is 0.885. The first-order valence-electron chi connectivity index (χ1n) is 6.59. The highest BCUT2D eigenvalue weighted by molar-refractivity contribution is 5.94. The van der Waals surface area contributed by atoms with Gasteiger partial charge in [0, 0.05) is 18.2 Å². The van der Waals surface area contributed by atoms with E-state index in [-0.39, 0.29) is 18.5 Å². The van der Waals surface area contributed by atoms with Crippen molar-refractivity contribution in [2.24, 2.45) is 5.92 Å². The van der Waals surface area contributed by atoms with Crippen LogP contribution in [0.5, 0.6) is 0 Å². The van der Waals surface area contributed by atoms with Gasteiger partial charge >= 0.3 is 5.97 Å². The molecule has 1 aliphatic carbocycles. The maximum Gasteiger partial charge on any atom is 0.308 e. The standard InChI is InChI=1S/C15H19NO3/c1-10-3-5-12(6-4-10)14(17)16(13-7-8-13)9-11(2)15(18)19/h3-6,11,13H,7-9H2,1-2H3,(H,18,19)/t11-/m0/s1. The number of nitrogens with zero attached hydrogens (tertiary/aromatic N) is 1. The summed E-state index contributed by atoms with van der Waals surface area (Å²) in [6, 6.07) is 7.63. The molecule has 0 saturated heterocycles. The third-order valence-electron chi connectivity index (χ3n) is 3.44. The molecule has 1 amide bonds. The molecule has 19 heavy (non-hydrogen) atoms. The molecule has 1 aliphatic rings. The van der Waals surface area contributed by atoms with Crippen LogP contribution in [0.1, 0.15) is 35.7 Å². The summed E-state index contributed by atoms with van der Waals surface area (Å²) in [4.78, 5) is 25.1. The lowest BCUT2D eigenvalue weighted by Crippen LogP contribution is -2.38. The normalized spacial score (nSPS) is 15.9. The lowest BCUT2D eigenvalue weighted by atomic mass is 10.1. The molecule has 4 heteroatoms. The number of carbonyl (C=O) groups is 2. The number of amides is 1. The van der Waals surface area contributed by atoms with Crippen molar-refractivity contribution in [1.29, 1.82) is 0 Å². The van der Waals surface area contributed by atoms with Crippen molar-refractivity contribution in [1.82, 2.24) is 4.90 Å². The van der Waals surface area contributed by atoms with Gasteiger partial charge in [-0.1, -0.05) is 24.6 Å². The van der Waals surface area contributed by atoms with Crippen molar-refractivity contribution in [3.8, 4) is 0 Å². The van der Waals surface area contributed by atoms with E-state index >= 15 is 0 Å². The Morgan fingerprint density at radius 3 is 2.37 bits per heavy atom. The smallest absolute Gasteiger partial charge is 0.308 e. The van der Waals surface area contributed by atoms with Crippen LogP contribution < -0.4 is 0 Å². The van der Waals surface area contributed by atoms with Gasteiger partial charge in [-0.25, -0.2) is 0 Å². The average molecular weight is 261 g/mol. The van der Waals surface area contributed by atoms with Crippen molar-refractivity contribution in [3.05, 3.63) is 35.4 Å². The van der Waals surface area contributed by atoms with Crippen LogP contribution in [-0.2, 0) is 4.79 Å². The molecule has 0 spiro atoms. The highest BCUT2D eigenvalue weighted by atomic mass is 16.4. The number of rotatable bonds is 5. The molecule has 0 heterocycles. The second-order valence-corrected chi connectivity index (χ2v) is 5.29. The van der Waals surface area contributed by atoms with E-state index in [1.807, 2.05) is 19.1 Å². The summed E-state index contributed by atoms with van der Waals surface area (Å²) in [6.45, 7) is 3.90. The molecule has 1 aromatic carbocycles. The number of aliphatic carboxylic acids is 1. The van der Waals surface area contributed by atoms with Gasteiger partial charge in [0.25, 0.3) is 5.91 Å². The molecule has 2 rings (SSSR count). The van der Waals surface area contributed by atoms with Crippen LogP contribution >= 0.6 is 0 Å². The first kappa shape index (κ1) is 13.6.